The summed E-state index contributed by atoms with van der Waals surface area (Å²) >= 11 is 5.80. The second-order valence-electron chi connectivity index (χ2n) is 3.08. The van der Waals surface area contributed by atoms with Crippen LogP contribution in [0, 0.1) is 5.82 Å². The molecule has 0 amide bonds. The van der Waals surface area contributed by atoms with Crippen LogP contribution in [0.4, 0.5) is 4.39 Å². The molecular formula is C12H12ClFO2. The number of benzene rings is 1. The molecule has 0 aromatic heterocycles. The van der Waals surface area contributed by atoms with Gasteiger partial charge in [0.1, 0.15) is 5.82 Å². The van der Waals surface area contributed by atoms with E-state index in [0.29, 0.717) is 17.2 Å². The van der Waals surface area contributed by atoms with Gasteiger partial charge >= 0.3 is 5.97 Å². The van der Waals surface area contributed by atoms with Gasteiger partial charge in [-0.1, -0.05) is 29.8 Å². The van der Waals surface area contributed by atoms with Crippen molar-refractivity contribution in [3.63, 3.8) is 0 Å². The molecule has 2 nitrogen and oxygen atoms in total. The summed E-state index contributed by atoms with van der Waals surface area (Å²) in [6, 6.07) is 4.10. The van der Waals surface area contributed by atoms with Crippen molar-refractivity contribution in [2.75, 3.05) is 6.61 Å². The fraction of sp³-hybridized carbons (Fsp3) is 0.250. The van der Waals surface area contributed by atoms with Gasteiger partial charge < -0.3 is 4.74 Å². The van der Waals surface area contributed by atoms with Crippen LogP contribution in [0.5, 0.6) is 0 Å². The van der Waals surface area contributed by atoms with Crippen LogP contribution in [0.2, 0.25) is 5.02 Å². The van der Waals surface area contributed by atoms with Crippen molar-refractivity contribution >= 4 is 23.6 Å². The molecule has 0 unspecified atom stereocenters. The standard InChI is InChI=1S/C12H12ClFO2/c1-2-16-12(15)5-3-4-9-6-7-10(14)8-11(9)13/h3-4,6-8H,2,5H2,1H3. The first-order valence-corrected chi connectivity index (χ1v) is 5.28. The molecule has 0 aliphatic rings. The van der Waals surface area contributed by atoms with Crippen LogP contribution >= 0.6 is 11.6 Å². The van der Waals surface area contributed by atoms with Gasteiger partial charge in [-0.25, -0.2) is 4.39 Å². The number of rotatable bonds is 4. The predicted molar refractivity (Wildman–Crippen MR) is 61.7 cm³/mol. The minimum Gasteiger partial charge on any atom is -0.466 e. The molecule has 86 valence electrons. The van der Waals surface area contributed by atoms with Crippen LogP contribution in [-0.2, 0) is 9.53 Å². The highest BCUT2D eigenvalue weighted by molar-refractivity contribution is 6.32. The quantitative estimate of drug-likeness (QED) is 0.756. The van der Waals surface area contributed by atoms with Gasteiger partial charge in [-0.2, -0.15) is 0 Å². The Morgan fingerprint density at radius 2 is 2.31 bits per heavy atom. The smallest absolute Gasteiger partial charge is 0.309 e. The Hall–Kier alpha value is -1.35. The van der Waals surface area contributed by atoms with Crippen molar-refractivity contribution in [1.29, 1.82) is 0 Å². The highest BCUT2D eigenvalue weighted by Crippen LogP contribution is 2.18. The Kier molecular flexibility index (Phi) is 4.99. The van der Waals surface area contributed by atoms with Crippen LogP contribution in [0.25, 0.3) is 6.08 Å². The number of halogens is 2. The fourth-order valence-electron chi connectivity index (χ4n) is 1.14. The third-order valence-corrected chi connectivity index (χ3v) is 2.18. The largest absolute Gasteiger partial charge is 0.466 e. The molecule has 0 atom stereocenters. The molecule has 0 N–H and O–H groups in total. The zero-order valence-corrected chi connectivity index (χ0v) is 9.63. The average molecular weight is 243 g/mol. The number of carbonyl (C=O) groups excluding carboxylic acids is 1. The summed E-state index contributed by atoms with van der Waals surface area (Å²) < 4.78 is 17.5. The van der Waals surface area contributed by atoms with Gasteiger partial charge in [0.2, 0.25) is 0 Å². The topological polar surface area (TPSA) is 26.3 Å². The third kappa shape index (κ3) is 4.03. The van der Waals surface area contributed by atoms with E-state index in [2.05, 4.69) is 0 Å². The minimum atomic E-state index is -0.382. The summed E-state index contributed by atoms with van der Waals surface area (Å²) in [5, 5.41) is 0.320. The van der Waals surface area contributed by atoms with Crippen LogP contribution in [-0.4, -0.2) is 12.6 Å². The van der Waals surface area contributed by atoms with Crippen molar-refractivity contribution in [1.82, 2.24) is 0 Å². The Morgan fingerprint density at radius 3 is 2.94 bits per heavy atom. The fourth-order valence-corrected chi connectivity index (χ4v) is 1.37. The van der Waals surface area contributed by atoms with Gasteiger partial charge in [0.15, 0.2) is 0 Å². The van der Waals surface area contributed by atoms with Crippen LogP contribution in [0.15, 0.2) is 24.3 Å². The maximum atomic E-state index is 12.7. The summed E-state index contributed by atoms with van der Waals surface area (Å²) in [7, 11) is 0. The maximum Gasteiger partial charge on any atom is 0.309 e. The van der Waals surface area contributed by atoms with Gasteiger partial charge in [0, 0.05) is 0 Å². The first kappa shape index (κ1) is 12.7. The van der Waals surface area contributed by atoms with E-state index in [1.807, 2.05) is 0 Å². The van der Waals surface area contributed by atoms with Gasteiger partial charge in [-0.15, -0.1) is 0 Å². The normalized spacial score (nSPS) is 10.7. The zero-order valence-electron chi connectivity index (χ0n) is 8.87. The molecule has 0 spiro atoms. The van der Waals surface area contributed by atoms with Crippen LogP contribution in [0.3, 0.4) is 0 Å². The summed E-state index contributed by atoms with van der Waals surface area (Å²) in [4.78, 5) is 11.0. The molecule has 1 aromatic rings. The monoisotopic (exact) mass is 242 g/mol. The molecule has 4 heteroatoms. The number of esters is 1. The molecule has 0 heterocycles. The lowest BCUT2D eigenvalue weighted by atomic mass is 10.2. The van der Waals surface area contributed by atoms with Gasteiger partial charge in [0.25, 0.3) is 0 Å². The molecule has 16 heavy (non-hydrogen) atoms. The number of hydrogen-bond donors (Lipinski definition) is 0. The molecule has 0 saturated heterocycles. The average Bonchev–Trinajstić information content (AvgIpc) is 2.22. The molecule has 0 fully saturated rings. The highest BCUT2D eigenvalue weighted by Gasteiger charge is 2.00. The second-order valence-corrected chi connectivity index (χ2v) is 3.48. The molecule has 0 aliphatic carbocycles. The Labute approximate surface area is 98.7 Å². The van der Waals surface area contributed by atoms with Crippen molar-refractivity contribution in [2.45, 2.75) is 13.3 Å². The molecular weight excluding hydrogens is 231 g/mol. The summed E-state index contributed by atoms with van der Waals surface area (Å²) in [5.41, 5.74) is 0.673. The Balaban J connectivity index is 2.59. The summed E-state index contributed by atoms with van der Waals surface area (Å²) in [6.07, 6.45) is 3.48. The lowest BCUT2D eigenvalue weighted by Gasteiger charge is -1.99. The van der Waals surface area contributed by atoms with Gasteiger partial charge in [-0.3, -0.25) is 4.79 Å². The Morgan fingerprint density at radius 1 is 1.56 bits per heavy atom. The first-order valence-electron chi connectivity index (χ1n) is 4.90. The predicted octanol–water partition coefficient (Wildman–Crippen LogP) is 3.45. The zero-order chi connectivity index (χ0) is 12.0. The molecule has 0 radical (unpaired) electrons. The van der Waals surface area contributed by atoms with E-state index in [-0.39, 0.29) is 18.2 Å². The molecule has 0 bridgehead atoms. The Bertz CT molecular complexity index is 402. The maximum absolute atomic E-state index is 12.7. The summed E-state index contributed by atoms with van der Waals surface area (Å²) in [6.45, 7) is 2.11. The van der Waals surface area contributed by atoms with Crippen molar-refractivity contribution in [3.8, 4) is 0 Å². The van der Waals surface area contributed by atoms with Crippen molar-refractivity contribution < 1.29 is 13.9 Å². The second kappa shape index (κ2) is 6.28. The highest BCUT2D eigenvalue weighted by atomic mass is 35.5. The lowest BCUT2D eigenvalue weighted by Crippen LogP contribution is -2.01. The van der Waals surface area contributed by atoms with E-state index >= 15 is 0 Å². The van der Waals surface area contributed by atoms with Crippen LogP contribution in [0.1, 0.15) is 18.9 Å². The minimum absolute atomic E-state index is 0.182. The van der Waals surface area contributed by atoms with Crippen molar-refractivity contribution in [3.05, 3.63) is 40.7 Å². The van der Waals surface area contributed by atoms with Gasteiger partial charge in [-0.05, 0) is 24.6 Å². The van der Waals surface area contributed by atoms with Crippen molar-refractivity contribution in [2.24, 2.45) is 0 Å². The number of ether oxygens (including phenoxy) is 1. The first-order chi connectivity index (χ1) is 7.63. The molecule has 1 rings (SSSR count). The van der Waals surface area contributed by atoms with Gasteiger partial charge in [0.05, 0.1) is 18.1 Å². The van der Waals surface area contributed by atoms with E-state index in [1.165, 1.54) is 12.1 Å². The lowest BCUT2D eigenvalue weighted by molar-refractivity contribution is -0.142. The number of carbonyl (C=O) groups is 1. The number of hydrogen-bond acceptors (Lipinski definition) is 2. The third-order valence-electron chi connectivity index (χ3n) is 1.85. The van der Waals surface area contributed by atoms with E-state index < -0.39 is 0 Å². The molecule has 1 aromatic carbocycles. The SMILES string of the molecule is CCOC(=O)CC=Cc1ccc(F)cc1Cl. The van der Waals surface area contributed by atoms with E-state index in [9.17, 15) is 9.18 Å². The van der Waals surface area contributed by atoms with Crippen LogP contribution < -0.4 is 0 Å². The molecule has 0 aliphatic heterocycles. The molecule has 0 saturated carbocycles. The van der Waals surface area contributed by atoms with E-state index in [4.69, 9.17) is 16.3 Å². The summed E-state index contributed by atoms with van der Waals surface area (Å²) in [5.74, 6) is -0.676. The van der Waals surface area contributed by atoms with E-state index in [0.717, 1.165) is 0 Å². The van der Waals surface area contributed by atoms with E-state index in [1.54, 1.807) is 25.1 Å².